The van der Waals surface area contributed by atoms with E-state index in [-0.39, 0.29) is 23.7 Å². The van der Waals surface area contributed by atoms with Crippen LogP contribution in [0.4, 0.5) is 14.5 Å². The first-order valence-electron chi connectivity index (χ1n) is 8.23. The lowest BCUT2D eigenvalue weighted by Crippen LogP contribution is -2.29. The van der Waals surface area contributed by atoms with Crippen molar-refractivity contribution >= 4 is 35.2 Å². The highest BCUT2D eigenvalue weighted by Crippen LogP contribution is 2.13. The van der Waals surface area contributed by atoms with E-state index in [0.717, 1.165) is 11.8 Å². The van der Waals surface area contributed by atoms with Gasteiger partial charge in [-0.05, 0) is 18.2 Å². The van der Waals surface area contributed by atoms with Crippen molar-refractivity contribution in [1.82, 2.24) is 5.32 Å². The van der Waals surface area contributed by atoms with E-state index >= 15 is 0 Å². The molecule has 0 bridgehead atoms. The molecule has 0 saturated carbocycles. The number of anilines is 1. The Bertz CT molecular complexity index is 848. The van der Waals surface area contributed by atoms with Gasteiger partial charge in [-0.3, -0.25) is 14.4 Å². The molecule has 148 valence electrons. The van der Waals surface area contributed by atoms with Crippen molar-refractivity contribution in [3.63, 3.8) is 0 Å². The number of halogens is 2. The fourth-order valence-corrected chi connectivity index (χ4v) is 2.66. The third-order valence-electron chi connectivity index (χ3n) is 3.40. The van der Waals surface area contributed by atoms with Crippen LogP contribution in [0.1, 0.15) is 5.56 Å². The van der Waals surface area contributed by atoms with Crippen molar-refractivity contribution in [2.24, 2.45) is 0 Å². The Kier molecular flexibility index (Phi) is 8.41. The maximum atomic E-state index is 13.4. The Morgan fingerprint density at radius 1 is 0.893 bits per heavy atom. The van der Waals surface area contributed by atoms with Crippen LogP contribution < -0.4 is 10.6 Å². The molecule has 0 spiro atoms. The third kappa shape index (κ3) is 7.36. The zero-order valence-electron chi connectivity index (χ0n) is 14.7. The molecule has 0 atom stereocenters. The summed E-state index contributed by atoms with van der Waals surface area (Å²) in [6, 6.07) is 11.7. The molecule has 0 saturated heterocycles. The van der Waals surface area contributed by atoms with E-state index in [1.165, 1.54) is 36.4 Å². The minimum atomic E-state index is -0.676. The Morgan fingerprint density at radius 2 is 1.57 bits per heavy atom. The molecule has 2 amide bonds. The van der Waals surface area contributed by atoms with Crippen LogP contribution in [-0.4, -0.2) is 35.9 Å². The second kappa shape index (κ2) is 11.0. The highest BCUT2D eigenvalue weighted by atomic mass is 32.2. The molecule has 28 heavy (non-hydrogen) atoms. The molecule has 0 radical (unpaired) electrons. The minimum absolute atomic E-state index is 0.0198. The normalized spacial score (nSPS) is 10.2. The molecule has 6 nitrogen and oxygen atoms in total. The quantitative estimate of drug-likeness (QED) is 0.623. The maximum Gasteiger partial charge on any atom is 0.316 e. The summed E-state index contributed by atoms with van der Waals surface area (Å²) in [6.07, 6.45) is 0. The van der Waals surface area contributed by atoms with Crippen LogP contribution in [0.2, 0.25) is 0 Å². The van der Waals surface area contributed by atoms with E-state index in [0.29, 0.717) is 5.56 Å². The van der Waals surface area contributed by atoms with Gasteiger partial charge in [0.2, 0.25) is 5.91 Å². The largest absolute Gasteiger partial charge is 0.455 e. The molecular formula is C19H18F2N2O4S. The number of carbonyl (C=O) groups is 3. The van der Waals surface area contributed by atoms with Crippen LogP contribution in [-0.2, 0) is 25.7 Å². The van der Waals surface area contributed by atoms with Crippen LogP contribution in [0.15, 0.2) is 48.5 Å². The number of ether oxygens (including phenoxy) is 1. The number of hydrogen-bond acceptors (Lipinski definition) is 5. The van der Waals surface area contributed by atoms with Crippen molar-refractivity contribution in [3.8, 4) is 0 Å². The van der Waals surface area contributed by atoms with Crippen LogP contribution >= 0.6 is 11.8 Å². The van der Waals surface area contributed by atoms with Crippen LogP contribution in [0.25, 0.3) is 0 Å². The third-order valence-corrected chi connectivity index (χ3v) is 4.31. The van der Waals surface area contributed by atoms with Crippen LogP contribution in [0.3, 0.4) is 0 Å². The average molecular weight is 408 g/mol. The molecule has 0 heterocycles. The Balaban J connectivity index is 1.60. The first-order chi connectivity index (χ1) is 13.5. The molecule has 2 N–H and O–H groups in total. The predicted molar refractivity (Wildman–Crippen MR) is 102 cm³/mol. The molecule has 0 fully saturated rings. The zero-order valence-corrected chi connectivity index (χ0v) is 15.6. The van der Waals surface area contributed by atoms with E-state index in [1.807, 2.05) is 0 Å². The van der Waals surface area contributed by atoms with Gasteiger partial charge in [-0.25, -0.2) is 8.78 Å². The summed E-state index contributed by atoms with van der Waals surface area (Å²) in [5.41, 5.74) is 0.376. The molecule has 0 aromatic heterocycles. The van der Waals surface area contributed by atoms with Gasteiger partial charge in [-0.15, -0.1) is 11.8 Å². The molecule has 0 aliphatic rings. The average Bonchev–Trinajstić information content (AvgIpc) is 2.67. The highest BCUT2D eigenvalue weighted by Gasteiger charge is 2.11. The van der Waals surface area contributed by atoms with Crippen LogP contribution in [0, 0.1) is 11.6 Å². The Hall–Kier alpha value is -2.94. The summed E-state index contributed by atoms with van der Waals surface area (Å²) in [6.45, 7) is -0.525. The van der Waals surface area contributed by atoms with Gasteiger partial charge in [-0.2, -0.15) is 0 Å². The van der Waals surface area contributed by atoms with E-state index < -0.39 is 36.0 Å². The highest BCUT2D eigenvalue weighted by molar-refractivity contribution is 8.00. The molecule has 0 aliphatic carbocycles. The van der Waals surface area contributed by atoms with Gasteiger partial charge in [0, 0.05) is 12.1 Å². The fraction of sp³-hybridized carbons (Fsp3) is 0.211. The lowest BCUT2D eigenvalue weighted by atomic mass is 10.2. The molecule has 0 unspecified atom stereocenters. The summed E-state index contributed by atoms with van der Waals surface area (Å²) in [7, 11) is 0. The monoisotopic (exact) mass is 408 g/mol. The van der Waals surface area contributed by atoms with Crippen LogP contribution in [0.5, 0.6) is 0 Å². The summed E-state index contributed by atoms with van der Waals surface area (Å²) in [5, 5.41) is 4.83. The van der Waals surface area contributed by atoms with E-state index in [2.05, 4.69) is 10.6 Å². The SMILES string of the molecule is O=C(COC(=O)CSCC(=O)Nc1ccccc1F)NCc1ccccc1F. The second-order valence-electron chi connectivity index (χ2n) is 5.55. The van der Waals surface area contributed by atoms with Gasteiger partial charge in [-0.1, -0.05) is 30.3 Å². The molecular weight excluding hydrogens is 390 g/mol. The van der Waals surface area contributed by atoms with E-state index in [4.69, 9.17) is 4.74 Å². The first-order valence-corrected chi connectivity index (χ1v) is 9.39. The van der Waals surface area contributed by atoms with Gasteiger partial charge in [0.05, 0.1) is 17.2 Å². The van der Waals surface area contributed by atoms with Crippen molar-refractivity contribution < 1.29 is 27.9 Å². The summed E-state index contributed by atoms with van der Waals surface area (Å²) in [4.78, 5) is 34.9. The zero-order chi connectivity index (χ0) is 20.4. The van der Waals surface area contributed by atoms with Crippen molar-refractivity contribution in [3.05, 3.63) is 65.7 Å². The van der Waals surface area contributed by atoms with E-state index in [1.54, 1.807) is 12.1 Å². The number of carbonyl (C=O) groups excluding carboxylic acids is 3. The number of hydrogen-bond donors (Lipinski definition) is 2. The van der Waals surface area contributed by atoms with E-state index in [9.17, 15) is 23.2 Å². The molecule has 2 aromatic carbocycles. The number of nitrogens with one attached hydrogen (secondary N) is 2. The number of benzene rings is 2. The van der Waals surface area contributed by atoms with Gasteiger partial charge >= 0.3 is 5.97 Å². The van der Waals surface area contributed by atoms with Crippen molar-refractivity contribution in [2.75, 3.05) is 23.4 Å². The summed E-state index contributed by atoms with van der Waals surface area (Å²) >= 11 is 0.968. The fourth-order valence-electron chi connectivity index (χ4n) is 2.05. The molecule has 2 aromatic rings. The Labute approximate surface area is 164 Å². The van der Waals surface area contributed by atoms with Crippen molar-refractivity contribution in [2.45, 2.75) is 6.54 Å². The van der Waals surface area contributed by atoms with Gasteiger partial charge < -0.3 is 15.4 Å². The molecule has 9 heteroatoms. The lowest BCUT2D eigenvalue weighted by molar-refractivity contribution is -0.145. The van der Waals surface area contributed by atoms with Gasteiger partial charge in [0.25, 0.3) is 5.91 Å². The topological polar surface area (TPSA) is 84.5 Å². The number of rotatable bonds is 9. The second-order valence-corrected chi connectivity index (χ2v) is 6.54. The predicted octanol–water partition coefficient (Wildman–Crippen LogP) is 2.50. The standard InChI is InChI=1S/C19H18F2N2O4S/c20-14-6-2-1-5-13(14)9-22-17(24)10-27-19(26)12-28-11-18(25)23-16-8-4-3-7-15(16)21/h1-8H,9-12H2,(H,22,24)(H,23,25). The molecule has 0 aliphatic heterocycles. The smallest absolute Gasteiger partial charge is 0.316 e. The van der Waals surface area contributed by atoms with Gasteiger partial charge in [0.15, 0.2) is 6.61 Å². The molecule has 2 rings (SSSR count). The number of thioether (sulfide) groups is 1. The van der Waals surface area contributed by atoms with Crippen molar-refractivity contribution in [1.29, 1.82) is 0 Å². The lowest BCUT2D eigenvalue weighted by Gasteiger charge is -2.08. The number of amides is 2. The first kappa shape index (κ1) is 21.4. The Morgan fingerprint density at radius 3 is 2.29 bits per heavy atom. The summed E-state index contributed by atoms with van der Waals surface area (Å²) < 4.78 is 31.6. The van der Waals surface area contributed by atoms with Gasteiger partial charge in [0.1, 0.15) is 11.6 Å². The number of esters is 1. The maximum absolute atomic E-state index is 13.4. The summed E-state index contributed by atoms with van der Waals surface area (Å²) in [5.74, 6) is -2.94. The minimum Gasteiger partial charge on any atom is -0.455 e. The number of para-hydroxylation sites is 1.